The fraction of sp³-hybridized carbons (Fsp3) is 0.458. The smallest absolute Gasteiger partial charge is 0.220 e. The maximum absolute atomic E-state index is 12.5. The second-order valence-electron chi connectivity index (χ2n) is 7.68. The van der Waals surface area contributed by atoms with E-state index in [-0.39, 0.29) is 11.9 Å². The Hall–Kier alpha value is -2.33. The lowest BCUT2D eigenvalue weighted by atomic mass is 10.0. The van der Waals surface area contributed by atoms with E-state index in [9.17, 15) is 4.79 Å². The van der Waals surface area contributed by atoms with Crippen molar-refractivity contribution in [1.82, 2.24) is 10.2 Å². The molecule has 2 aromatic rings. The van der Waals surface area contributed by atoms with Crippen molar-refractivity contribution in [3.63, 3.8) is 0 Å². The van der Waals surface area contributed by atoms with Crippen LogP contribution in [0.4, 0.5) is 0 Å². The summed E-state index contributed by atoms with van der Waals surface area (Å²) in [4.78, 5) is 15.0. The summed E-state index contributed by atoms with van der Waals surface area (Å²) < 4.78 is 5.18. The SMILES string of the molecule is COc1ccc(CCC(=O)NCC(c2ccc(C)cc2)N2CCCCC2)cc1. The van der Waals surface area contributed by atoms with Gasteiger partial charge in [0.15, 0.2) is 0 Å². The maximum atomic E-state index is 12.5. The van der Waals surface area contributed by atoms with E-state index in [1.165, 1.54) is 30.4 Å². The Morgan fingerprint density at radius 2 is 1.71 bits per heavy atom. The second kappa shape index (κ2) is 10.3. The van der Waals surface area contributed by atoms with E-state index in [2.05, 4.69) is 41.4 Å². The Kier molecular flexibility index (Phi) is 7.49. The fourth-order valence-electron chi connectivity index (χ4n) is 3.83. The number of rotatable bonds is 8. The van der Waals surface area contributed by atoms with E-state index in [1.807, 2.05) is 24.3 Å². The Bertz CT molecular complexity index is 734. The molecule has 1 heterocycles. The Morgan fingerprint density at radius 1 is 1.04 bits per heavy atom. The number of benzene rings is 2. The predicted molar refractivity (Wildman–Crippen MR) is 114 cm³/mol. The number of hydrogen-bond donors (Lipinski definition) is 1. The number of amides is 1. The minimum absolute atomic E-state index is 0.116. The summed E-state index contributed by atoms with van der Waals surface area (Å²) in [5.41, 5.74) is 3.72. The molecule has 2 aromatic carbocycles. The topological polar surface area (TPSA) is 41.6 Å². The van der Waals surface area contributed by atoms with Gasteiger partial charge in [0.25, 0.3) is 0 Å². The highest BCUT2D eigenvalue weighted by molar-refractivity contribution is 5.76. The van der Waals surface area contributed by atoms with Crippen LogP contribution < -0.4 is 10.1 Å². The number of likely N-dealkylation sites (tertiary alicyclic amines) is 1. The minimum atomic E-state index is 0.116. The van der Waals surface area contributed by atoms with Gasteiger partial charge >= 0.3 is 0 Å². The summed E-state index contributed by atoms with van der Waals surface area (Å²) in [6.07, 6.45) is 5.05. The van der Waals surface area contributed by atoms with Crippen LogP contribution in [-0.2, 0) is 11.2 Å². The summed E-state index contributed by atoms with van der Waals surface area (Å²) in [6.45, 7) is 5.01. The highest BCUT2D eigenvalue weighted by atomic mass is 16.5. The van der Waals surface area contributed by atoms with Crippen LogP contribution in [0.3, 0.4) is 0 Å². The highest BCUT2D eigenvalue weighted by Gasteiger charge is 2.22. The van der Waals surface area contributed by atoms with E-state index < -0.39 is 0 Å². The van der Waals surface area contributed by atoms with Crippen molar-refractivity contribution >= 4 is 5.91 Å². The van der Waals surface area contributed by atoms with Gasteiger partial charge in [0, 0.05) is 13.0 Å². The van der Waals surface area contributed by atoms with Crippen LogP contribution in [0.25, 0.3) is 0 Å². The number of nitrogens with zero attached hydrogens (tertiary/aromatic N) is 1. The van der Waals surface area contributed by atoms with E-state index >= 15 is 0 Å². The number of nitrogens with one attached hydrogen (secondary N) is 1. The molecule has 4 nitrogen and oxygen atoms in total. The molecule has 1 aliphatic rings. The first-order chi connectivity index (χ1) is 13.7. The third-order valence-electron chi connectivity index (χ3n) is 5.59. The number of aryl methyl sites for hydroxylation is 2. The molecule has 0 spiro atoms. The Balaban J connectivity index is 1.55. The van der Waals surface area contributed by atoms with Crippen LogP contribution in [0.5, 0.6) is 5.75 Å². The zero-order valence-electron chi connectivity index (χ0n) is 17.1. The lowest BCUT2D eigenvalue weighted by Crippen LogP contribution is -2.40. The van der Waals surface area contributed by atoms with Gasteiger partial charge in [-0.05, 0) is 62.5 Å². The Morgan fingerprint density at radius 3 is 2.36 bits per heavy atom. The Labute approximate surface area is 168 Å². The number of carbonyl (C=O) groups is 1. The molecular weight excluding hydrogens is 348 g/mol. The summed E-state index contributed by atoms with van der Waals surface area (Å²) in [7, 11) is 1.66. The molecule has 0 radical (unpaired) electrons. The first-order valence-electron chi connectivity index (χ1n) is 10.4. The molecule has 1 fully saturated rings. The van der Waals surface area contributed by atoms with E-state index in [1.54, 1.807) is 7.11 Å². The molecule has 4 heteroatoms. The normalized spacial score (nSPS) is 15.8. The third kappa shape index (κ3) is 5.83. The summed E-state index contributed by atoms with van der Waals surface area (Å²) >= 11 is 0. The summed E-state index contributed by atoms with van der Waals surface area (Å²) in [5.74, 6) is 0.959. The lowest BCUT2D eigenvalue weighted by molar-refractivity contribution is -0.121. The number of ether oxygens (including phenoxy) is 1. The van der Waals surface area contributed by atoms with Gasteiger partial charge in [-0.2, -0.15) is 0 Å². The predicted octanol–water partition coefficient (Wildman–Crippen LogP) is 4.28. The second-order valence-corrected chi connectivity index (χ2v) is 7.68. The molecule has 1 saturated heterocycles. The number of carbonyl (C=O) groups excluding carboxylic acids is 1. The zero-order valence-corrected chi connectivity index (χ0v) is 17.1. The van der Waals surface area contributed by atoms with Crippen LogP contribution in [-0.4, -0.2) is 37.6 Å². The van der Waals surface area contributed by atoms with Gasteiger partial charge in [-0.25, -0.2) is 0 Å². The van der Waals surface area contributed by atoms with Crippen LogP contribution in [0, 0.1) is 6.92 Å². The highest BCUT2D eigenvalue weighted by Crippen LogP contribution is 2.24. The van der Waals surface area contributed by atoms with Crippen LogP contribution in [0.15, 0.2) is 48.5 Å². The van der Waals surface area contributed by atoms with E-state index in [4.69, 9.17) is 4.74 Å². The summed E-state index contributed by atoms with van der Waals surface area (Å²) in [6, 6.07) is 16.9. The van der Waals surface area contributed by atoms with Gasteiger partial charge < -0.3 is 10.1 Å². The van der Waals surface area contributed by atoms with Gasteiger partial charge in [0.05, 0.1) is 13.2 Å². The molecule has 0 aromatic heterocycles. The average Bonchev–Trinajstić information content (AvgIpc) is 2.75. The van der Waals surface area contributed by atoms with Crippen molar-refractivity contribution < 1.29 is 9.53 Å². The molecule has 28 heavy (non-hydrogen) atoms. The van der Waals surface area contributed by atoms with Crippen molar-refractivity contribution in [3.05, 3.63) is 65.2 Å². The number of methoxy groups -OCH3 is 1. The van der Waals surface area contributed by atoms with Gasteiger partial charge in [0.2, 0.25) is 5.91 Å². The first-order valence-corrected chi connectivity index (χ1v) is 10.4. The molecule has 1 unspecified atom stereocenters. The number of hydrogen-bond acceptors (Lipinski definition) is 3. The molecule has 3 rings (SSSR count). The average molecular weight is 381 g/mol. The molecule has 150 valence electrons. The van der Waals surface area contributed by atoms with E-state index in [0.29, 0.717) is 13.0 Å². The van der Waals surface area contributed by atoms with Gasteiger partial charge in [0.1, 0.15) is 5.75 Å². The fourth-order valence-corrected chi connectivity index (χ4v) is 3.83. The molecule has 1 N–H and O–H groups in total. The number of piperidine rings is 1. The molecule has 0 aliphatic carbocycles. The van der Waals surface area contributed by atoms with Crippen LogP contribution in [0.1, 0.15) is 48.4 Å². The standard InChI is InChI=1S/C24H32N2O2/c1-19-6-11-21(12-7-19)23(26-16-4-3-5-17-26)18-25-24(27)15-10-20-8-13-22(28-2)14-9-20/h6-9,11-14,23H,3-5,10,15-18H2,1-2H3,(H,25,27). The largest absolute Gasteiger partial charge is 0.497 e. The van der Waals surface area contributed by atoms with Crippen molar-refractivity contribution in [1.29, 1.82) is 0 Å². The first kappa shape index (κ1) is 20.4. The van der Waals surface area contributed by atoms with Gasteiger partial charge in [-0.15, -0.1) is 0 Å². The van der Waals surface area contributed by atoms with Gasteiger partial charge in [-0.1, -0.05) is 48.4 Å². The molecular formula is C24H32N2O2. The third-order valence-corrected chi connectivity index (χ3v) is 5.59. The van der Waals surface area contributed by atoms with Gasteiger partial charge in [-0.3, -0.25) is 9.69 Å². The maximum Gasteiger partial charge on any atom is 0.220 e. The van der Waals surface area contributed by atoms with Crippen LogP contribution >= 0.6 is 0 Å². The van der Waals surface area contributed by atoms with Crippen molar-refractivity contribution in [2.45, 2.75) is 45.1 Å². The molecule has 1 aliphatic heterocycles. The zero-order chi connectivity index (χ0) is 19.8. The lowest BCUT2D eigenvalue weighted by Gasteiger charge is -2.35. The molecule has 0 saturated carbocycles. The quantitative estimate of drug-likeness (QED) is 0.743. The van der Waals surface area contributed by atoms with Crippen molar-refractivity contribution in [3.8, 4) is 5.75 Å². The minimum Gasteiger partial charge on any atom is -0.497 e. The summed E-state index contributed by atoms with van der Waals surface area (Å²) in [5, 5.41) is 3.18. The molecule has 1 atom stereocenters. The molecule has 0 bridgehead atoms. The van der Waals surface area contributed by atoms with E-state index in [0.717, 1.165) is 30.8 Å². The van der Waals surface area contributed by atoms with Crippen molar-refractivity contribution in [2.75, 3.05) is 26.7 Å². The van der Waals surface area contributed by atoms with Crippen LogP contribution in [0.2, 0.25) is 0 Å². The molecule has 1 amide bonds. The van der Waals surface area contributed by atoms with Crippen molar-refractivity contribution in [2.24, 2.45) is 0 Å². The monoisotopic (exact) mass is 380 g/mol.